The summed E-state index contributed by atoms with van der Waals surface area (Å²) in [4.78, 5) is 0. The zero-order chi connectivity index (χ0) is 11.7. The first-order chi connectivity index (χ1) is 7.58. The highest BCUT2D eigenvalue weighted by Gasteiger charge is 2.10. The van der Waals surface area contributed by atoms with Crippen molar-refractivity contribution in [1.29, 1.82) is 0 Å². The van der Waals surface area contributed by atoms with Gasteiger partial charge in [0.05, 0.1) is 0 Å². The Balaban J connectivity index is 2.53. The van der Waals surface area contributed by atoms with E-state index in [4.69, 9.17) is 0 Å². The quantitative estimate of drug-likeness (QED) is 0.652. The van der Waals surface area contributed by atoms with E-state index in [9.17, 15) is 17.6 Å². The van der Waals surface area contributed by atoms with Crippen LogP contribution in [0.4, 0.5) is 17.6 Å². The van der Waals surface area contributed by atoms with Crippen molar-refractivity contribution in [1.82, 2.24) is 0 Å². The standard InChI is InChI=1S/C12H8F4/c13-11(14)9-3-1-7-5-10(12(15)16)4-2-8(7)6-9/h1-6,11-12H. The third-order valence-corrected chi connectivity index (χ3v) is 2.39. The molecule has 0 spiro atoms. The molecule has 0 saturated heterocycles. The monoisotopic (exact) mass is 228 g/mol. The molecule has 0 fully saturated rings. The lowest BCUT2D eigenvalue weighted by Crippen LogP contribution is -1.87. The van der Waals surface area contributed by atoms with Gasteiger partial charge in [0.1, 0.15) is 0 Å². The van der Waals surface area contributed by atoms with Crippen molar-refractivity contribution in [2.45, 2.75) is 12.9 Å². The van der Waals surface area contributed by atoms with Crippen molar-refractivity contribution in [3.8, 4) is 0 Å². The molecular weight excluding hydrogens is 220 g/mol. The minimum absolute atomic E-state index is 0.0997. The van der Waals surface area contributed by atoms with Gasteiger partial charge in [-0.25, -0.2) is 17.6 Å². The molecule has 2 aromatic carbocycles. The second-order valence-corrected chi connectivity index (χ2v) is 3.47. The zero-order valence-corrected chi connectivity index (χ0v) is 8.13. The lowest BCUT2D eigenvalue weighted by Gasteiger charge is -2.05. The van der Waals surface area contributed by atoms with Crippen LogP contribution in [0.1, 0.15) is 24.0 Å². The second-order valence-electron chi connectivity index (χ2n) is 3.47. The molecule has 0 saturated carbocycles. The van der Waals surface area contributed by atoms with E-state index in [2.05, 4.69) is 0 Å². The molecule has 2 rings (SSSR count). The number of fused-ring (bicyclic) bond motifs is 1. The van der Waals surface area contributed by atoms with Crippen LogP contribution in [0.15, 0.2) is 36.4 Å². The molecule has 0 aliphatic heterocycles. The molecule has 0 atom stereocenters. The highest BCUT2D eigenvalue weighted by atomic mass is 19.3. The molecule has 0 radical (unpaired) electrons. The molecule has 0 aliphatic carbocycles. The summed E-state index contributed by atoms with van der Waals surface area (Å²) in [5.74, 6) is 0. The fraction of sp³-hybridized carbons (Fsp3) is 0.167. The molecule has 16 heavy (non-hydrogen) atoms. The van der Waals surface area contributed by atoms with Crippen molar-refractivity contribution in [3.05, 3.63) is 47.5 Å². The van der Waals surface area contributed by atoms with E-state index in [0.29, 0.717) is 10.8 Å². The van der Waals surface area contributed by atoms with Gasteiger partial charge in [0.2, 0.25) is 0 Å². The van der Waals surface area contributed by atoms with Crippen LogP contribution >= 0.6 is 0 Å². The van der Waals surface area contributed by atoms with Crippen LogP contribution in [0.25, 0.3) is 10.8 Å². The van der Waals surface area contributed by atoms with Gasteiger partial charge in [-0.1, -0.05) is 24.3 Å². The third-order valence-electron chi connectivity index (χ3n) is 2.39. The van der Waals surface area contributed by atoms with Gasteiger partial charge in [0.15, 0.2) is 0 Å². The van der Waals surface area contributed by atoms with Gasteiger partial charge in [0.25, 0.3) is 12.9 Å². The summed E-state index contributed by atoms with van der Waals surface area (Å²) in [7, 11) is 0. The molecule has 2 aromatic rings. The van der Waals surface area contributed by atoms with Gasteiger partial charge in [-0.15, -0.1) is 0 Å². The maximum absolute atomic E-state index is 12.4. The fourth-order valence-corrected chi connectivity index (χ4v) is 1.55. The fourth-order valence-electron chi connectivity index (χ4n) is 1.55. The van der Waals surface area contributed by atoms with Crippen molar-refractivity contribution in [3.63, 3.8) is 0 Å². The summed E-state index contributed by atoms with van der Waals surface area (Å²) in [5, 5.41) is 1.09. The molecule has 84 valence electrons. The lowest BCUT2D eigenvalue weighted by molar-refractivity contribution is 0.150. The van der Waals surface area contributed by atoms with E-state index in [-0.39, 0.29) is 11.1 Å². The van der Waals surface area contributed by atoms with Crippen molar-refractivity contribution >= 4 is 10.8 Å². The predicted octanol–water partition coefficient (Wildman–Crippen LogP) is 4.72. The number of halogens is 4. The van der Waals surface area contributed by atoms with Crippen molar-refractivity contribution in [2.24, 2.45) is 0 Å². The zero-order valence-electron chi connectivity index (χ0n) is 8.13. The minimum Gasteiger partial charge on any atom is -0.205 e. The molecular formula is C12H8F4. The third kappa shape index (κ3) is 2.01. The van der Waals surface area contributed by atoms with Crippen molar-refractivity contribution < 1.29 is 17.6 Å². The largest absolute Gasteiger partial charge is 0.263 e. The number of hydrogen-bond donors (Lipinski definition) is 0. The minimum atomic E-state index is -2.54. The van der Waals surface area contributed by atoms with E-state index >= 15 is 0 Å². The van der Waals surface area contributed by atoms with Crippen LogP contribution in [0.3, 0.4) is 0 Å². The average Bonchev–Trinajstić information content (AvgIpc) is 2.27. The first-order valence-electron chi connectivity index (χ1n) is 4.68. The first kappa shape index (κ1) is 10.9. The molecule has 0 aliphatic rings. The number of benzene rings is 2. The molecule has 0 heterocycles. The van der Waals surface area contributed by atoms with Gasteiger partial charge in [-0.05, 0) is 22.9 Å². The number of alkyl halides is 4. The molecule has 0 bridgehead atoms. The summed E-state index contributed by atoms with van der Waals surface area (Å²) in [5.41, 5.74) is -0.199. The molecule has 0 aromatic heterocycles. The molecule has 0 nitrogen and oxygen atoms in total. The topological polar surface area (TPSA) is 0 Å². The van der Waals surface area contributed by atoms with Gasteiger partial charge >= 0.3 is 0 Å². The Hall–Kier alpha value is -1.58. The highest BCUT2D eigenvalue weighted by Crippen LogP contribution is 2.27. The predicted molar refractivity (Wildman–Crippen MR) is 53.9 cm³/mol. The average molecular weight is 228 g/mol. The van der Waals surface area contributed by atoms with Gasteiger partial charge in [-0.2, -0.15) is 0 Å². The van der Waals surface area contributed by atoms with E-state index < -0.39 is 12.9 Å². The molecule has 4 heteroatoms. The van der Waals surface area contributed by atoms with Gasteiger partial charge < -0.3 is 0 Å². The lowest BCUT2D eigenvalue weighted by atomic mass is 10.0. The number of hydrogen-bond acceptors (Lipinski definition) is 0. The van der Waals surface area contributed by atoms with E-state index in [1.54, 1.807) is 0 Å². The Morgan fingerprint density at radius 2 is 1.00 bits per heavy atom. The summed E-state index contributed by atoms with van der Waals surface area (Å²) < 4.78 is 49.5. The maximum atomic E-state index is 12.4. The van der Waals surface area contributed by atoms with E-state index in [0.717, 1.165) is 0 Å². The van der Waals surface area contributed by atoms with Crippen LogP contribution in [0.2, 0.25) is 0 Å². The Bertz CT molecular complexity index is 458. The summed E-state index contributed by atoms with van der Waals surface area (Å²) in [6.45, 7) is 0. The summed E-state index contributed by atoms with van der Waals surface area (Å²) in [6, 6.07) is 8.00. The summed E-state index contributed by atoms with van der Waals surface area (Å²) in [6.07, 6.45) is -5.08. The van der Waals surface area contributed by atoms with E-state index in [1.165, 1.54) is 36.4 Å². The number of rotatable bonds is 2. The normalized spacial score (nSPS) is 11.6. The van der Waals surface area contributed by atoms with Crippen LogP contribution in [0, 0.1) is 0 Å². The van der Waals surface area contributed by atoms with Crippen molar-refractivity contribution in [2.75, 3.05) is 0 Å². The Morgan fingerprint density at radius 1 is 0.625 bits per heavy atom. The molecule has 0 N–H and O–H groups in total. The molecule has 0 amide bonds. The van der Waals surface area contributed by atoms with Gasteiger partial charge in [0, 0.05) is 11.1 Å². The van der Waals surface area contributed by atoms with Crippen LogP contribution in [-0.4, -0.2) is 0 Å². The smallest absolute Gasteiger partial charge is 0.205 e. The maximum Gasteiger partial charge on any atom is 0.263 e. The first-order valence-corrected chi connectivity index (χ1v) is 4.68. The Labute approximate surface area is 89.5 Å². The van der Waals surface area contributed by atoms with Gasteiger partial charge in [-0.3, -0.25) is 0 Å². The molecule has 0 unspecified atom stereocenters. The second kappa shape index (κ2) is 4.12. The SMILES string of the molecule is FC(F)c1ccc2cc(C(F)F)ccc2c1. The Kier molecular flexibility index (Phi) is 2.81. The van der Waals surface area contributed by atoms with E-state index in [1.807, 2.05) is 0 Å². The van der Waals surface area contributed by atoms with Crippen LogP contribution < -0.4 is 0 Å². The van der Waals surface area contributed by atoms with Crippen LogP contribution in [-0.2, 0) is 0 Å². The highest BCUT2D eigenvalue weighted by molar-refractivity contribution is 5.83. The summed E-state index contributed by atoms with van der Waals surface area (Å²) >= 11 is 0. The van der Waals surface area contributed by atoms with Crippen LogP contribution in [0.5, 0.6) is 0 Å². The Morgan fingerprint density at radius 3 is 1.31 bits per heavy atom.